The normalized spacial score (nSPS) is 10.5. The number of aryl methyl sites for hydroxylation is 1. The SMILES string of the molecule is Cc1cc(Br)ccc1NC(=O)CN(C)C(=O)c1cccc(-n2ccnc2)c1. The number of carbonyl (C=O) groups is 2. The molecule has 0 fully saturated rings. The number of hydrogen-bond donors (Lipinski definition) is 1. The molecule has 7 heteroatoms. The second-order valence-electron chi connectivity index (χ2n) is 6.19. The Hall–Kier alpha value is -2.93. The largest absolute Gasteiger partial charge is 0.332 e. The quantitative estimate of drug-likeness (QED) is 0.676. The van der Waals surface area contributed by atoms with Crippen LogP contribution in [0, 0.1) is 6.92 Å². The summed E-state index contributed by atoms with van der Waals surface area (Å²) in [7, 11) is 1.61. The first-order valence-corrected chi connectivity index (χ1v) is 9.13. The first-order valence-electron chi connectivity index (χ1n) is 8.34. The van der Waals surface area contributed by atoms with Gasteiger partial charge in [-0.15, -0.1) is 0 Å². The molecular formula is C20H19BrN4O2. The van der Waals surface area contributed by atoms with Gasteiger partial charge in [0.15, 0.2) is 0 Å². The number of rotatable bonds is 5. The lowest BCUT2D eigenvalue weighted by atomic mass is 10.1. The number of likely N-dealkylation sites (N-methyl/N-ethyl adjacent to an activating group) is 1. The molecule has 0 aliphatic heterocycles. The molecule has 0 aliphatic rings. The Morgan fingerprint density at radius 2 is 2.04 bits per heavy atom. The zero-order chi connectivity index (χ0) is 19.4. The van der Waals surface area contributed by atoms with Crippen LogP contribution < -0.4 is 5.32 Å². The van der Waals surface area contributed by atoms with Gasteiger partial charge in [0.2, 0.25) is 5.91 Å². The van der Waals surface area contributed by atoms with Gasteiger partial charge in [0.1, 0.15) is 0 Å². The van der Waals surface area contributed by atoms with E-state index in [1.54, 1.807) is 37.9 Å². The van der Waals surface area contributed by atoms with Crippen molar-refractivity contribution >= 4 is 33.4 Å². The van der Waals surface area contributed by atoms with E-state index in [4.69, 9.17) is 0 Å². The summed E-state index contributed by atoms with van der Waals surface area (Å²) >= 11 is 3.40. The van der Waals surface area contributed by atoms with Crippen LogP contribution >= 0.6 is 15.9 Å². The molecule has 0 spiro atoms. The number of nitrogens with zero attached hydrogens (tertiary/aromatic N) is 3. The number of amides is 2. The molecule has 0 atom stereocenters. The van der Waals surface area contributed by atoms with E-state index in [0.717, 1.165) is 21.4 Å². The monoisotopic (exact) mass is 426 g/mol. The first-order chi connectivity index (χ1) is 12.9. The van der Waals surface area contributed by atoms with Gasteiger partial charge in [-0.05, 0) is 48.9 Å². The van der Waals surface area contributed by atoms with Crippen LogP contribution in [0.3, 0.4) is 0 Å². The summed E-state index contributed by atoms with van der Waals surface area (Å²) in [6.45, 7) is 1.88. The van der Waals surface area contributed by atoms with Gasteiger partial charge in [0.25, 0.3) is 5.91 Å². The Bertz CT molecular complexity index is 970. The molecule has 1 heterocycles. The molecule has 1 N–H and O–H groups in total. The van der Waals surface area contributed by atoms with Crippen molar-refractivity contribution in [3.8, 4) is 5.69 Å². The minimum Gasteiger partial charge on any atom is -0.332 e. The van der Waals surface area contributed by atoms with Crippen LogP contribution in [0.25, 0.3) is 5.69 Å². The second-order valence-corrected chi connectivity index (χ2v) is 7.10. The van der Waals surface area contributed by atoms with Crippen molar-refractivity contribution in [1.29, 1.82) is 0 Å². The van der Waals surface area contributed by atoms with E-state index in [1.165, 1.54) is 4.90 Å². The van der Waals surface area contributed by atoms with Crippen LogP contribution in [-0.2, 0) is 4.79 Å². The predicted octanol–water partition coefficient (Wildman–Crippen LogP) is 3.65. The number of hydrogen-bond acceptors (Lipinski definition) is 3. The molecule has 2 amide bonds. The third kappa shape index (κ3) is 4.62. The average Bonchev–Trinajstić information content (AvgIpc) is 3.18. The van der Waals surface area contributed by atoms with Gasteiger partial charge in [-0.1, -0.05) is 22.0 Å². The number of anilines is 1. The standard InChI is InChI=1S/C20H19BrN4O2/c1-14-10-16(21)6-7-18(14)23-19(26)12-24(2)20(27)15-4-3-5-17(11-15)25-9-8-22-13-25/h3-11,13H,12H2,1-2H3,(H,23,26). The second kappa shape index (κ2) is 8.18. The zero-order valence-corrected chi connectivity index (χ0v) is 16.6. The lowest BCUT2D eigenvalue weighted by Gasteiger charge is -2.18. The fourth-order valence-corrected chi connectivity index (χ4v) is 3.15. The van der Waals surface area contributed by atoms with Gasteiger partial charge in [-0.2, -0.15) is 0 Å². The highest BCUT2D eigenvalue weighted by atomic mass is 79.9. The fraction of sp³-hybridized carbons (Fsp3) is 0.150. The molecular weight excluding hydrogens is 408 g/mol. The van der Waals surface area contributed by atoms with Gasteiger partial charge in [-0.25, -0.2) is 4.98 Å². The van der Waals surface area contributed by atoms with Crippen molar-refractivity contribution in [2.75, 3.05) is 18.9 Å². The third-order valence-corrected chi connectivity index (χ3v) is 4.58. The maximum Gasteiger partial charge on any atom is 0.254 e. The molecule has 0 saturated carbocycles. The van der Waals surface area contributed by atoms with Gasteiger partial charge in [0.05, 0.1) is 12.9 Å². The molecule has 0 radical (unpaired) electrons. The Kier molecular flexibility index (Phi) is 5.71. The summed E-state index contributed by atoms with van der Waals surface area (Å²) < 4.78 is 2.77. The highest BCUT2D eigenvalue weighted by molar-refractivity contribution is 9.10. The predicted molar refractivity (Wildman–Crippen MR) is 108 cm³/mol. The highest BCUT2D eigenvalue weighted by Crippen LogP contribution is 2.20. The minimum atomic E-state index is -0.248. The topological polar surface area (TPSA) is 67.2 Å². The molecule has 0 aliphatic carbocycles. The van der Waals surface area contributed by atoms with Crippen molar-refractivity contribution in [2.45, 2.75) is 6.92 Å². The van der Waals surface area contributed by atoms with Gasteiger partial charge in [0, 0.05) is 40.9 Å². The van der Waals surface area contributed by atoms with Crippen LogP contribution in [0.5, 0.6) is 0 Å². The lowest BCUT2D eigenvalue weighted by molar-refractivity contribution is -0.116. The fourth-order valence-electron chi connectivity index (χ4n) is 2.68. The summed E-state index contributed by atoms with van der Waals surface area (Å²) in [6.07, 6.45) is 5.15. The van der Waals surface area contributed by atoms with Crippen molar-refractivity contribution in [3.05, 3.63) is 76.8 Å². The van der Waals surface area contributed by atoms with Crippen molar-refractivity contribution in [1.82, 2.24) is 14.5 Å². The number of halogens is 1. The summed E-state index contributed by atoms with van der Waals surface area (Å²) in [5, 5.41) is 2.84. The van der Waals surface area contributed by atoms with E-state index < -0.39 is 0 Å². The van der Waals surface area contributed by atoms with E-state index >= 15 is 0 Å². The highest BCUT2D eigenvalue weighted by Gasteiger charge is 2.16. The Morgan fingerprint density at radius 1 is 1.22 bits per heavy atom. The summed E-state index contributed by atoms with van der Waals surface area (Å²) in [5.74, 6) is -0.471. The smallest absolute Gasteiger partial charge is 0.254 e. The van der Waals surface area contributed by atoms with Crippen LogP contribution in [0.15, 0.2) is 65.7 Å². The minimum absolute atomic E-state index is 0.0381. The lowest BCUT2D eigenvalue weighted by Crippen LogP contribution is -2.35. The number of aromatic nitrogens is 2. The molecule has 0 saturated heterocycles. The van der Waals surface area contributed by atoms with Crippen LogP contribution in [-0.4, -0.2) is 39.9 Å². The number of carbonyl (C=O) groups excluding carboxylic acids is 2. The number of imidazole rings is 1. The molecule has 0 unspecified atom stereocenters. The molecule has 138 valence electrons. The third-order valence-electron chi connectivity index (χ3n) is 4.09. The van der Waals surface area contributed by atoms with Gasteiger partial charge in [-0.3, -0.25) is 9.59 Å². The molecule has 3 aromatic rings. The molecule has 0 bridgehead atoms. The molecule has 6 nitrogen and oxygen atoms in total. The summed E-state index contributed by atoms with van der Waals surface area (Å²) in [6, 6.07) is 12.8. The van der Waals surface area contributed by atoms with Crippen molar-refractivity contribution < 1.29 is 9.59 Å². The number of nitrogens with one attached hydrogen (secondary N) is 1. The van der Waals surface area contributed by atoms with Crippen LogP contribution in [0.4, 0.5) is 5.69 Å². The van der Waals surface area contributed by atoms with Gasteiger partial charge < -0.3 is 14.8 Å². The molecule has 3 rings (SSSR count). The van der Waals surface area contributed by atoms with Crippen molar-refractivity contribution in [2.24, 2.45) is 0 Å². The van der Waals surface area contributed by atoms with E-state index in [0.29, 0.717) is 5.56 Å². The zero-order valence-electron chi connectivity index (χ0n) is 15.0. The van der Waals surface area contributed by atoms with Gasteiger partial charge >= 0.3 is 0 Å². The summed E-state index contributed by atoms with van der Waals surface area (Å²) in [5.41, 5.74) is 3.02. The molecule has 27 heavy (non-hydrogen) atoms. The maximum atomic E-state index is 12.7. The molecule has 2 aromatic carbocycles. The average molecular weight is 427 g/mol. The Labute approximate surface area is 166 Å². The summed E-state index contributed by atoms with van der Waals surface area (Å²) in [4.78, 5) is 30.4. The van der Waals surface area contributed by atoms with E-state index in [1.807, 2.05) is 41.8 Å². The van der Waals surface area contributed by atoms with E-state index in [2.05, 4.69) is 26.2 Å². The Morgan fingerprint density at radius 3 is 2.74 bits per heavy atom. The Balaban J connectivity index is 1.67. The number of benzene rings is 2. The molecule has 1 aromatic heterocycles. The first kappa shape index (κ1) is 18.8. The maximum absolute atomic E-state index is 12.7. The van der Waals surface area contributed by atoms with Crippen molar-refractivity contribution in [3.63, 3.8) is 0 Å². The van der Waals surface area contributed by atoms with E-state index in [-0.39, 0.29) is 18.4 Å². The van der Waals surface area contributed by atoms with Crippen LogP contribution in [0.2, 0.25) is 0 Å². The van der Waals surface area contributed by atoms with Crippen LogP contribution in [0.1, 0.15) is 15.9 Å². The van der Waals surface area contributed by atoms with E-state index in [9.17, 15) is 9.59 Å².